The van der Waals surface area contributed by atoms with E-state index in [1.165, 1.54) is 11.0 Å². The highest BCUT2D eigenvalue weighted by molar-refractivity contribution is 5.73. The summed E-state index contributed by atoms with van der Waals surface area (Å²) in [4.78, 5) is 22.8. The summed E-state index contributed by atoms with van der Waals surface area (Å²) in [5.74, 6) is 0.730. The van der Waals surface area contributed by atoms with Gasteiger partial charge in [0.05, 0.1) is 18.4 Å². The third-order valence-electron chi connectivity index (χ3n) is 6.12. The molecule has 188 valence electrons. The van der Waals surface area contributed by atoms with Crippen LogP contribution in [0.5, 0.6) is 0 Å². The Morgan fingerprint density at radius 1 is 1.20 bits per heavy atom. The molecule has 1 saturated heterocycles. The summed E-state index contributed by atoms with van der Waals surface area (Å²) >= 11 is 0. The lowest BCUT2D eigenvalue weighted by molar-refractivity contribution is -0.152. The second-order valence-corrected chi connectivity index (χ2v) is 9.17. The number of aromatic nitrogens is 4. The molecule has 8 nitrogen and oxygen atoms in total. The van der Waals surface area contributed by atoms with Crippen molar-refractivity contribution in [3.8, 4) is 11.1 Å². The molecule has 1 aliphatic rings. The van der Waals surface area contributed by atoms with Crippen molar-refractivity contribution in [3.05, 3.63) is 52.7 Å². The highest BCUT2D eigenvalue weighted by Gasteiger charge is 2.45. The summed E-state index contributed by atoms with van der Waals surface area (Å²) in [5, 5.41) is 7.56. The van der Waals surface area contributed by atoms with Gasteiger partial charge in [-0.2, -0.15) is 18.3 Å². The minimum absolute atomic E-state index is 0.0142. The van der Waals surface area contributed by atoms with Gasteiger partial charge in [0.2, 0.25) is 5.56 Å². The van der Waals surface area contributed by atoms with Crippen LogP contribution in [0.15, 0.2) is 41.6 Å². The number of rotatable bonds is 7. The van der Waals surface area contributed by atoms with Gasteiger partial charge in [0, 0.05) is 31.5 Å². The molecule has 2 N–H and O–H groups in total. The molecule has 11 heteroatoms. The highest BCUT2D eigenvalue weighted by atomic mass is 19.4. The van der Waals surface area contributed by atoms with Crippen molar-refractivity contribution in [1.29, 1.82) is 0 Å². The number of nitrogens with one attached hydrogen (secondary N) is 2. The number of hydrogen-bond acceptors (Lipinski definition) is 6. The molecule has 35 heavy (non-hydrogen) atoms. The fraction of sp³-hybridized carbons (Fsp3) is 0.458. The van der Waals surface area contributed by atoms with Gasteiger partial charge in [0.15, 0.2) is 0 Å². The second kappa shape index (κ2) is 10.1. The molecule has 0 radical (unpaired) electrons. The molecule has 4 heterocycles. The predicted octanol–water partition coefficient (Wildman–Crippen LogP) is 4.17. The topological polar surface area (TPSA) is 82.1 Å². The molecule has 0 spiro atoms. The average Bonchev–Trinajstić information content (AvgIpc) is 3.25. The number of anilines is 3. The van der Waals surface area contributed by atoms with Crippen molar-refractivity contribution >= 4 is 17.3 Å². The molecule has 0 saturated carbocycles. The molecular weight excluding hydrogens is 459 g/mol. The van der Waals surface area contributed by atoms with Gasteiger partial charge in [-0.25, -0.2) is 4.98 Å². The van der Waals surface area contributed by atoms with Crippen LogP contribution in [-0.4, -0.2) is 64.1 Å². The zero-order valence-electron chi connectivity index (χ0n) is 20.1. The number of aromatic amines is 1. The Labute approximate surface area is 201 Å². The minimum Gasteiger partial charge on any atom is -0.346 e. The molecule has 0 bridgehead atoms. The van der Waals surface area contributed by atoms with Crippen LogP contribution in [0.2, 0.25) is 0 Å². The first-order valence-corrected chi connectivity index (χ1v) is 11.6. The lowest BCUT2D eigenvalue weighted by atomic mass is 10.00. The number of likely N-dealkylation sites (N-methyl/N-ethyl adjacent to an activating group) is 1. The van der Waals surface area contributed by atoms with Gasteiger partial charge >= 0.3 is 6.18 Å². The Morgan fingerprint density at radius 2 is 2.00 bits per heavy atom. The van der Waals surface area contributed by atoms with Crippen LogP contribution in [0.1, 0.15) is 24.8 Å². The van der Waals surface area contributed by atoms with Crippen molar-refractivity contribution in [2.75, 3.05) is 37.4 Å². The summed E-state index contributed by atoms with van der Waals surface area (Å²) in [7, 11) is 3.99. The van der Waals surface area contributed by atoms with Gasteiger partial charge in [-0.1, -0.05) is 0 Å². The standard InChI is InChI=1S/C24H30F3N7O/c1-16-13-28-21(30-18-14-29-33(15-18)9-8-32(2)3)12-19(16)17-10-22(31-23(35)11-17)34-7-5-4-6-20(34)24(25,26)27/h10-15,20H,4-9H2,1-3H3,(H,28,30)(H,31,35)/t20-/m1/s1. The van der Waals surface area contributed by atoms with Gasteiger partial charge < -0.3 is 20.1 Å². The Kier molecular flexibility index (Phi) is 7.15. The SMILES string of the molecule is Cc1cnc(Nc2cnn(CCN(C)C)c2)cc1-c1cc(N2CCCC[C@@H]2C(F)(F)F)[nH]c(=O)c1. The largest absolute Gasteiger partial charge is 0.408 e. The van der Waals surface area contributed by atoms with Crippen molar-refractivity contribution in [1.82, 2.24) is 24.6 Å². The molecule has 1 atom stereocenters. The zero-order valence-corrected chi connectivity index (χ0v) is 20.1. The first kappa shape index (κ1) is 24.8. The number of pyridine rings is 2. The summed E-state index contributed by atoms with van der Waals surface area (Å²) in [6, 6.07) is 3.21. The van der Waals surface area contributed by atoms with Crippen LogP contribution >= 0.6 is 0 Å². The zero-order chi connectivity index (χ0) is 25.2. The number of halogens is 3. The quantitative estimate of drug-likeness (QED) is 0.519. The highest BCUT2D eigenvalue weighted by Crippen LogP contribution is 2.35. The van der Waals surface area contributed by atoms with Gasteiger partial charge in [-0.3, -0.25) is 9.48 Å². The average molecular weight is 490 g/mol. The van der Waals surface area contributed by atoms with Crippen molar-refractivity contribution in [2.24, 2.45) is 0 Å². The number of piperidine rings is 1. The molecule has 0 aliphatic carbocycles. The van der Waals surface area contributed by atoms with Gasteiger partial charge in [0.25, 0.3) is 0 Å². The van der Waals surface area contributed by atoms with Gasteiger partial charge in [-0.05, 0) is 69.1 Å². The smallest absolute Gasteiger partial charge is 0.346 e. The van der Waals surface area contributed by atoms with E-state index in [2.05, 4.69) is 25.3 Å². The maximum atomic E-state index is 13.7. The van der Waals surface area contributed by atoms with Crippen LogP contribution in [0.4, 0.5) is 30.5 Å². The van der Waals surface area contributed by atoms with E-state index in [4.69, 9.17) is 0 Å². The van der Waals surface area contributed by atoms with E-state index in [9.17, 15) is 18.0 Å². The molecule has 3 aromatic heterocycles. The maximum absolute atomic E-state index is 13.7. The van der Waals surface area contributed by atoms with Gasteiger partial charge in [-0.15, -0.1) is 0 Å². The van der Waals surface area contributed by atoms with E-state index < -0.39 is 17.8 Å². The number of alkyl halides is 3. The normalized spacial score (nSPS) is 16.7. The summed E-state index contributed by atoms with van der Waals surface area (Å²) in [6.07, 6.45) is 2.06. The lowest BCUT2D eigenvalue weighted by Crippen LogP contribution is -2.49. The van der Waals surface area contributed by atoms with Crippen molar-refractivity contribution in [2.45, 2.75) is 44.9 Å². The summed E-state index contributed by atoms with van der Waals surface area (Å²) in [5.41, 5.74) is 2.38. The molecule has 1 fully saturated rings. The van der Waals surface area contributed by atoms with Crippen LogP contribution in [0, 0.1) is 6.92 Å². The summed E-state index contributed by atoms with van der Waals surface area (Å²) < 4.78 is 42.8. The predicted molar refractivity (Wildman–Crippen MR) is 130 cm³/mol. The number of hydrogen-bond donors (Lipinski definition) is 2. The number of nitrogens with zero attached hydrogens (tertiary/aromatic N) is 5. The monoisotopic (exact) mass is 489 g/mol. The van der Waals surface area contributed by atoms with E-state index in [-0.39, 0.29) is 18.8 Å². The Hall–Kier alpha value is -3.34. The first-order valence-electron chi connectivity index (χ1n) is 11.6. The van der Waals surface area contributed by atoms with E-state index in [1.807, 2.05) is 31.9 Å². The third-order valence-corrected chi connectivity index (χ3v) is 6.12. The van der Waals surface area contributed by atoms with Crippen molar-refractivity contribution < 1.29 is 13.2 Å². The fourth-order valence-electron chi connectivity index (χ4n) is 4.30. The lowest BCUT2D eigenvalue weighted by Gasteiger charge is -2.38. The van der Waals surface area contributed by atoms with E-state index in [0.29, 0.717) is 24.2 Å². The molecule has 1 aliphatic heterocycles. The van der Waals surface area contributed by atoms with E-state index in [1.54, 1.807) is 24.5 Å². The van der Waals surface area contributed by atoms with E-state index >= 15 is 0 Å². The molecular formula is C24H30F3N7O. The minimum atomic E-state index is -4.37. The molecule has 0 aromatic carbocycles. The van der Waals surface area contributed by atoms with Crippen molar-refractivity contribution in [3.63, 3.8) is 0 Å². The maximum Gasteiger partial charge on any atom is 0.408 e. The number of aryl methyl sites for hydroxylation is 1. The molecule has 0 amide bonds. The van der Waals surface area contributed by atoms with Crippen LogP contribution in [0.25, 0.3) is 11.1 Å². The fourth-order valence-corrected chi connectivity index (χ4v) is 4.30. The molecule has 0 unspecified atom stereocenters. The first-order chi connectivity index (χ1) is 16.6. The van der Waals surface area contributed by atoms with Crippen LogP contribution in [0.3, 0.4) is 0 Å². The number of H-pyrrole nitrogens is 1. The second-order valence-electron chi connectivity index (χ2n) is 9.17. The van der Waals surface area contributed by atoms with Crippen LogP contribution in [-0.2, 0) is 6.54 Å². The Balaban J connectivity index is 1.61. The molecule has 3 aromatic rings. The van der Waals surface area contributed by atoms with Crippen LogP contribution < -0.4 is 15.8 Å². The summed E-state index contributed by atoms with van der Waals surface area (Å²) in [6.45, 7) is 3.69. The molecule has 4 rings (SSSR count). The Bertz CT molecular complexity index is 1220. The Morgan fingerprint density at radius 3 is 2.74 bits per heavy atom. The van der Waals surface area contributed by atoms with Gasteiger partial charge in [0.1, 0.15) is 17.7 Å². The van der Waals surface area contributed by atoms with E-state index in [0.717, 1.165) is 29.9 Å². The third kappa shape index (κ3) is 6.02.